The number of anilines is 2. The molecule has 1 aliphatic rings. The van der Waals surface area contributed by atoms with Crippen molar-refractivity contribution in [2.24, 2.45) is 5.73 Å². The molecule has 0 saturated carbocycles. The van der Waals surface area contributed by atoms with Crippen LogP contribution in [0.25, 0.3) is 11.0 Å². The highest BCUT2D eigenvalue weighted by atomic mass is 19.1. The van der Waals surface area contributed by atoms with E-state index >= 15 is 0 Å². The van der Waals surface area contributed by atoms with Gasteiger partial charge in [-0.1, -0.05) is 6.07 Å². The molecule has 8 nitrogen and oxygen atoms in total. The van der Waals surface area contributed by atoms with E-state index in [1.54, 1.807) is 6.20 Å². The van der Waals surface area contributed by atoms with Crippen LogP contribution in [0.5, 0.6) is 0 Å². The topological polar surface area (TPSA) is 102 Å². The number of hydrogen-bond donors (Lipinski definition) is 2. The van der Waals surface area contributed by atoms with Gasteiger partial charge < -0.3 is 20.5 Å². The molecule has 0 unspecified atom stereocenters. The number of imidazole rings is 1. The van der Waals surface area contributed by atoms with Crippen molar-refractivity contribution in [2.45, 2.75) is 32.1 Å². The Balaban J connectivity index is 1.72. The average molecular weight is 383 g/mol. The number of amides is 1. The van der Waals surface area contributed by atoms with Crippen LogP contribution in [0.4, 0.5) is 16.2 Å². The number of hydrogen-bond acceptors (Lipinski definition) is 6. The largest absolute Gasteiger partial charge is 0.340 e. The van der Waals surface area contributed by atoms with Crippen molar-refractivity contribution in [3.05, 3.63) is 41.9 Å². The Labute approximate surface area is 161 Å². The summed E-state index contributed by atoms with van der Waals surface area (Å²) < 4.78 is 15.9. The van der Waals surface area contributed by atoms with E-state index in [1.807, 2.05) is 24.0 Å². The summed E-state index contributed by atoms with van der Waals surface area (Å²) in [5.41, 5.74) is 9.65. The summed E-state index contributed by atoms with van der Waals surface area (Å²) in [6, 6.07) is 5.54. The van der Waals surface area contributed by atoms with E-state index in [0.717, 1.165) is 28.2 Å². The van der Waals surface area contributed by atoms with Crippen LogP contribution >= 0.6 is 0 Å². The monoisotopic (exact) mass is 383 g/mol. The highest BCUT2D eigenvalue weighted by Crippen LogP contribution is 2.27. The molecule has 2 aromatic heterocycles. The molecule has 2 atom stereocenters. The molecule has 0 radical (unpaired) electrons. The Morgan fingerprint density at radius 1 is 1.36 bits per heavy atom. The van der Waals surface area contributed by atoms with Gasteiger partial charge in [0, 0.05) is 13.1 Å². The van der Waals surface area contributed by atoms with E-state index < -0.39 is 12.2 Å². The van der Waals surface area contributed by atoms with E-state index in [2.05, 4.69) is 25.9 Å². The number of piperidine rings is 1. The number of carbonyl (C=O) groups is 1. The Bertz CT molecular complexity index is 988. The zero-order chi connectivity index (χ0) is 19.7. The summed E-state index contributed by atoms with van der Waals surface area (Å²) in [5, 5.41) is 2.47. The fourth-order valence-corrected chi connectivity index (χ4v) is 3.49. The normalized spacial score (nSPS) is 19.8. The molecule has 9 heteroatoms. The molecule has 1 saturated heterocycles. The van der Waals surface area contributed by atoms with Crippen molar-refractivity contribution in [1.29, 1.82) is 0 Å². The second-order valence-electron chi connectivity index (χ2n) is 7.06. The number of rotatable bonds is 5. The standard InChI is InChI=1S/C19H22FN7O/c1-12-2-3-16-17(6-12)27(9-13-7-23-18(8-22-13)24-11-28)19(25-16)26-5-4-14(20)15(21)10-26/h2-3,6-8,11,14-15H,4-5,9-10,21H2,1H3,(H,23,24,28)/t14-,15-/m1/s1. The van der Waals surface area contributed by atoms with E-state index in [0.29, 0.717) is 38.3 Å². The Morgan fingerprint density at radius 2 is 2.21 bits per heavy atom. The number of alkyl halides is 1. The van der Waals surface area contributed by atoms with Crippen molar-refractivity contribution in [1.82, 2.24) is 19.5 Å². The van der Waals surface area contributed by atoms with Crippen LogP contribution in [-0.2, 0) is 11.3 Å². The fourth-order valence-electron chi connectivity index (χ4n) is 3.49. The highest BCUT2D eigenvalue weighted by Gasteiger charge is 2.29. The molecule has 146 valence electrons. The van der Waals surface area contributed by atoms with Gasteiger partial charge in [0.2, 0.25) is 12.4 Å². The summed E-state index contributed by atoms with van der Waals surface area (Å²) in [4.78, 5) is 25.9. The molecule has 28 heavy (non-hydrogen) atoms. The third-order valence-electron chi connectivity index (χ3n) is 4.97. The van der Waals surface area contributed by atoms with Gasteiger partial charge in [0.05, 0.1) is 41.7 Å². The van der Waals surface area contributed by atoms with Gasteiger partial charge in [-0.3, -0.25) is 9.78 Å². The first-order valence-corrected chi connectivity index (χ1v) is 9.18. The minimum atomic E-state index is -0.986. The smallest absolute Gasteiger partial charge is 0.212 e. The predicted octanol–water partition coefficient (Wildman–Crippen LogP) is 1.63. The SMILES string of the molecule is Cc1ccc2nc(N3CC[C@@H](F)[C@H](N)C3)n(Cc3cnc(NC=O)cn3)c2c1. The quantitative estimate of drug-likeness (QED) is 0.649. The van der Waals surface area contributed by atoms with Gasteiger partial charge in [0.25, 0.3) is 0 Å². The van der Waals surface area contributed by atoms with Crippen LogP contribution in [0.3, 0.4) is 0 Å². The zero-order valence-electron chi connectivity index (χ0n) is 15.5. The van der Waals surface area contributed by atoms with Gasteiger partial charge in [-0.05, 0) is 31.0 Å². The van der Waals surface area contributed by atoms with Crippen molar-refractivity contribution in [3.63, 3.8) is 0 Å². The molecule has 3 N–H and O–H groups in total. The van der Waals surface area contributed by atoms with Crippen LogP contribution in [0, 0.1) is 6.92 Å². The van der Waals surface area contributed by atoms with Crippen molar-refractivity contribution >= 4 is 29.2 Å². The molecular weight excluding hydrogens is 361 g/mol. The molecule has 1 aliphatic heterocycles. The van der Waals surface area contributed by atoms with E-state index in [4.69, 9.17) is 10.7 Å². The van der Waals surface area contributed by atoms with Crippen LogP contribution in [0.15, 0.2) is 30.6 Å². The van der Waals surface area contributed by atoms with Gasteiger partial charge in [-0.25, -0.2) is 14.4 Å². The maximum Gasteiger partial charge on any atom is 0.212 e. The van der Waals surface area contributed by atoms with Crippen molar-refractivity contribution < 1.29 is 9.18 Å². The van der Waals surface area contributed by atoms with Crippen LogP contribution in [0.1, 0.15) is 17.7 Å². The lowest BCUT2D eigenvalue weighted by Crippen LogP contribution is -2.50. The third kappa shape index (κ3) is 3.53. The van der Waals surface area contributed by atoms with E-state index in [-0.39, 0.29) is 0 Å². The van der Waals surface area contributed by atoms with Crippen LogP contribution in [-0.4, -0.2) is 51.2 Å². The van der Waals surface area contributed by atoms with Gasteiger partial charge in [0.15, 0.2) is 5.82 Å². The number of fused-ring (bicyclic) bond motifs is 1. The first kappa shape index (κ1) is 18.3. The number of nitrogens with zero attached hydrogens (tertiary/aromatic N) is 5. The summed E-state index contributed by atoms with van der Waals surface area (Å²) >= 11 is 0. The first-order valence-electron chi connectivity index (χ1n) is 9.18. The molecule has 4 rings (SSSR count). The van der Waals surface area contributed by atoms with Gasteiger partial charge in [-0.15, -0.1) is 0 Å². The second kappa shape index (κ2) is 7.51. The molecule has 0 aliphatic carbocycles. The number of aromatic nitrogens is 4. The lowest BCUT2D eigenvalue weighted by molar-refractivity contribution is -0.105. The summed E-state index contributed by atoms with van der Waals surface area (Å²) in [6.07, 6.45) is 3.09. The average Bonchev–Trinajstić information content (AvgIpc) is 3.03. The fraction of sp³-hybridized carbons (Fsp3) is 0.368. The first-order chi connectivity index (χ1) is 13.5. The predicted molar refractivity (Wildman–Crippen MR) is 105 cm³/mol. The number of carbonyl (C=O) groups excluding carboxylic acids is 1. The Hall–Kier alpha value is -3.07. The minimum absolute atomic E-state index is 0.384. The third-order valence-corrected chi connectivity index (χ3v) is 4.97. The number of benzene rings is 1. The molecular formula is C19H22FN7O. The van der Waals surface area contributed by atoms with Gasteiger partial charge in [-0.2, -0.15) is 0 Å². The van der Waals surface area contributed by atoms with Crippen LogP contribution < -0.4 is 16.0 Å². The van der Waals surface area contributed by atoms with Crippen molar-refractivity contribution in [3.8, 4) is 0 Å². The molecule has 1 amide bonds. The molecule has 3 aromatic rings. The van der Waals surface area contributed by atoms with Crippen LogP contribution in [0.2, 0.25) is 0 Å². The van der Waals surface area contributed by atoms with Gasteiger partial charge >= 0.3 is 0 Å². The minimum Gasteiger partial charge on any atom is -0.340 e. The molecule has 1 fully saturated rings. The molecule has 1 aromatic carbocycles. The van der Waals surface area contributed by atoms with Gasteiger partial charge in [0.1, 0.15) is 6.17 Å². The Morgan fingerprint density at radius 3 is 2.93 bits per heavy atom. The summed E-state index contributed by atoms with van der Waals surface area (Å²) in [6.45, 7) is 3.46. The number of nitrogens with two attached hydrogens (primary N) is 1. The van der Waals surface area contributed by atoms with E-state index in [1.165, 1.54) is 6.20 Å². The molecule has 0 spiro atoms. The number of halogens is 1. The highest BCUT2D eigenvalue weighted by molar-refractivity contribution is 5.80. The maximum absolute atomic E-state index is 13.8. The number of aryl methyl sites for hydroxylation is 1. The second-order valence-corrected chi connectivity index (χ2v) is 7.06. The summed E-state index contributed by atoms with van der Waals surface area (Å²) in [5.74, 6) is 1.14. The lowest BCUT2D eigenvalue weighted by Gasteiger charge is -2.34. The number of nitrogens with one attached hydrogen (secondary N) is 1. The Kier molecular flexibility index (Phi) is 4.91. The lowest BCUT2D eigenvalue weighted by atomic mass is 10.1. The molecule has 3 heterocycles. The van der Waals surface area contributed by atoms with E-state index in [9.17, 15) is 9.18 Å². The molecule has 0 bridgehead atoms. The maximum atomic E-state index is 13.8. The van der Waals surface area contributed by atoms with Crippen molar-refractivity contribution in [2.75, 3.05) is 23.3 Å². The zero-order valence-corrected chi connectivity index (χ0v) is 15.5. The summed E-state index contributed by atoms with van der Waals surface area (Å²) in [7, 11) is 0.